The van der Waals surface area contributed by atoms with E-state index in [9.17, 15) is 13.2 Å². The lowest BCUT2D eigenvalue weighted by atomic mass is 9.98. The van der Waals surface area contributed by atoms with Crippen molar-refractivity contribution in [2.45, 2.75) is 17.7 Å². The first-order valence-corrected chi connectivity index (χ1v) is 11.0. The fraction of sp³-hybridized carbons (Fsp3) is 0.611. The molecular formula is C18H26ClN3O4S. The highest BCUT2D eigenvalue weighted by molar-refractivity contribution is 7.89. The molecule has 1 atom stereocenters. The van der Waals surface area contributed by atoms with Crippen molar-refractivity contribution in [3.63, 3.8) is 0 Å². The number of hydrogen-bond donors (Lipinski definition) is 0. The number of carbonyl (C=O) groups is 1. The van der Waals surface area contributed by atoms with Gasteiger partial charge in [-0.15, -0.1) is 0 Å². The average molecular weight is 416 g/mol. The van der Waals surface area contributed by atoms with Gasteiger partial charge in [0, 0.05) is 39.3 Å². The maximum absolute atomic E-state index is 13.0. The number of benzene rings is 1. The predicted molar refractivity (Wildman–Crippen MR) is 104 cm³/mol. The molecule has 9 heteroatoms. The first-order chi connectivity index (χ1) is 12.8. The van der Waals surface area contributed by atoms with Gasteiger partial charge in [-0.1, -0.05) is 11.6 Å². The van der Waals surface area contributed by atoms with E-state index in [0.29, 0.717) is 31.8 Å². The summed E-state index contributed by atoms with van der Waals surface area (Å²) in [7, 11) is -0.182. The summed E-state index contributed by atoms with van der Waals surface area (Å²) in [5, 5.41) is 0.251. The fourth-order valence-electron chi connectivity index (χ4n) is 3.60. The largest absolute Gasteiger partial charge is 0.495 e. The van der Waals surface area contributed by atoms with Crippen molar-refractivity contribution in [2.24, 2.45) is 5.92 Å². The van der Waals surface area contributed by atoms with Crippen LogP contribution in [0.15, 0.2) is 23.1 Å². The fourth-order valence-corrected chi connectivity index (χ4v) is 5.48. The molecule has 2 heterocycles. The number of methoxy groups -OCH3 is 1. The van der Waals surface area contributed by atoms with Gasteiger partial charge in [-0.05, 0) is 38.1 Å². The van der Waals surface area contributed by atoms with Crippen LogP contribution in [0.3, 0.4) is 0 Å². The molecule has 1 aromatic rings. The van der Waals surface area contributed by atoms with Crippen LogP contribution < -0.4 is 4.74 Å². The molecule has 0 spiro atoms. The van der Waals surface area contributed by atoms with Gasteiger partial charge in [0.25, 0.3) is 0 Å². The maximum atomic E-state index is 13.0. The van der Waals surface area contributed by atoms with E-state index in [4.69, 9.17) is 16.3 Å². The van der Waals surface area contributed by atoms with Crippen molar-refractivity contribution < 1.29 is 17.9 Å². The summed E-state index contributed by atoms with van der Waals surface area (Å²) in [6.45, 7) is 3.74. The average Bonchev–Trinajstić information content (AvgIpc) is 2.68. The zero-order valence-corrected chi connectivity index (χ0v) is 17.3. The minimum absolute atomic E-state index is 0.0655. The number of carbonyl (C=O) groups excluding carboxylic acids is 1. The standard InChI is InChI=1S/C18H26ClN3O4S/c1-20-8-10-21(11-9-20)18(23)14-4-3-7-22(13-14)27(24,25)15-5-6-17(26-2)16(19)12-15/h5-6,12,14H,3-4,7-11,13H2,1-2H3/t14-/m1/s1. The van der Waals surface area contributed by atoms with Crippen LogP contribution in [-0.4, -0.2) is 81.9 Å². The molecule has 1 aromatic carbocycles. The van der Waals surface area contributed by atoms with E-state index in [-0.39, 0.29) is 28.3 Å². The molecule has 0 bridgehead atoms. The zero-order valence-electron chi connectivity index (χ0n) is 15.7. The summed E-state index contributed by atoms with van der Waals surface area (Å²) in [5.74, 6) is 0.207. The molecule has 0 saturated carbocycles. The number of halogens is 1. The summed E-state index contributed by atoms with van der Waals surface area (Å²) in [5.41, 5.74) is 0. The van der Waals surface area contributed by atoms with Gasteiger partial charge in [0.05, 0.1) is 22.9 Å². The first kappa shape index (κ1) is 20.4. The number of likely N-dealkylation sites (N-methyl/N-ethyl adjacent to an activating group) is 1. The molecule has 0 radical (unpaired) electrons. The second kappa shape index (κ2) is 8.34. The molecule has 2 saturated heterocycles. The highest BCUT2D eigenvalue weighted by Gasteiger charge is 2.35. The van der Waals surface area contributed by atoms with Crippen LogP contribution in [0.5, 0.6) is 5.75 Å². The molecule has 27 heavy (non-hydrogen) atoms. The lowest BCUT2D eigenvalue weighted by Gasteiger charge is -2.37. The third-order valence-electron chi connectivity index (χ3n) is 5.31. The van der Waals surface area contributed by atoms with Gasteiger partial charge in [-0.25, -0.2) is 8.42 Å². The summed E-state index contributed by atoms with van der Waals surface area (Å²) in [6.07, 6.45) is 1.40. The molecule has 7 nitrogen and oxygen atoms in total. The summed E-state index contributed by atoms with van der Waals surface area (Å²) in [4.78, 5) is 17.0. The minimum Gasteiger partial charge on any atom is -0.495 e. The Morgan fingerprint density at radius 3 is 2.52 bits per heavy atom. The number of hydrogen-bond acceptors (Lipinski definition) is 5. The van der Waals surface area contributed by atoms with Crippen LogP contribution in [0, 0.1) is 5.92 Å². The Kier molecular flexibility index (Phi) is 6.30. The molecule has 150 valence electrons. The molecule has 0 N–H and O–H groups in total. The summed E-state index contributed by atoms with van der Waals surface area (Å²) in [6, 6.07) is 4.44. The molecular weight excluding hydrogens is 390 g/mol. The van der Waals surface area contributed by atoms with Crippen LogP contribution in [0.1, 0.15) is 12.8 Å². The van der Waals surface area contributed by atoms with E-state index in [0.717, 1.165) is 19.5 Å². The highest BCUT2D eigenvalue weighted by Crippen LogP contribution is 2.30. The van der Waals surface area contributed by atoms with Crippen molar-refractivity contribution in [2.75, 3.05) is 53.4 Å². The van der Waals surface area contributed by atoms with Crippen molar-refractivity contribution in [3.05, 3.63) is 23.2 Å². The van der Waals surface area contributed by atoms with Crippen LogP contribution in [0.2, 0.25) is 5.02 Å². The maximum Gasteiger partial charge on any atom is 0.243 e. The molecule has 2 aliphatic heterocycles. The van der Waals surface area contributed by atoms with Gasteiger partial charge in [0.15, 0.2) is 0 Å². The Morgan fingerprint density at radius 2 is 1.89 bits per heavy atom. The SMILES string of the molecule is COc1ccc(S(=O)(=O)N2CCC[C@@H](C(=O)N3CCN(C)CC3)C2)cc1Cl. The van der Waals surface area contributed by atoms with Crippen molar-refractivity contribution in [1.82, 2.24) is 14.1 Å². The van der Waals surface area contributed by atoms with Crippen LogP contribution in [-0.2, 0) is 14.8 Å². The van der Waals surface area contributed by atoms with Gasteiger partial charge < -0.3 is 14.5 Å². The number of ether oxygens (including phenoxy) is 1. The van der Waals surface area contributed by atoms with E-state index < -0.39 is 10.0 Å². The molecule has 1 amide bonds. The molecule has 2 aliphatic rings. The lowest BCUT2D eigenvalue weighted by molar-refractivity contribution is -0.138. The van der Waals surface area contributed by atoms with Crippen molar-refractivity contribution >= 4 is 27.5 Å². The van der Waals surface area contributed by atoms with Gasteiger partial charge in [0.1, 0.15) is 5.75 Å². The number of rotatable bonds is 4. The quantitative estimate of drug-likeness (QED) is 0.745. The lowest BCUT2D eigenvalue weighted by Crippen LogP contribution is -2.52. The zero-order chi connectivity index (χ0) is 19.6. The van der Waals surface area contributed by atoms with Crippen molar-refractivity contribution in [1.29, 1.82) is 0 Å². The third-order valence-corrected chi connectivity index (χ3v) is 7.47. The van der Waals surface area contributed by atoms with Gasteiger partial charge >= 0.3 is 0 Å². The van der Waals surface area contributed by atoms with E-state index >= 15 is 0 Å². The first-order valence-electron chi connectivity index (χ1n) is 9.14. The minimum atomic E-state index is -3.70. The Bertz CT molecular complexity index is 794. The summed E-state index contributed by atoms with van der Waals surface area (Å²) < 4.78 is 32.5. The van der Waals surface area contributed by atoms with Crippen LogP contribution in [0.4, 0.5) is 0 Å². The Balaban J connectivity index is 1.73. The number of amides is 1. The smallest absolute Gasteiger partial charge is 0.243 e. The highest BCUT2D eigenvalue weighted by atomic mass is 35.5. The second-order valence-electron chi connectivity index (χ2n) is 7.13. The van der Waals surface area contributed by atoms with E-state index in [1.165, 1.54) is 23.5 Å². The predicted octanol–water partition coefficient (Wildman–Crippen LogP) is 1.52. The monoisotopic (exact) mass is 415 g/mol. The van der Waals surface area contributed by atoms with Crippen molar-refractivity contribution in [3.8, 4) is 5.75 Å². The molecule has 2 fully saturated rings. The molecule has 0 unspecified atom stereocenters. The number of piperidine rings is 1. The molecule has 0 aliphatic carbocycles. The van der Waals surface area contributed by atoms with Crippen LogP contribution in [0.25, 0.3) is 0 Å². The number of nitrogens with zero attached hydrogens (tertiary/aromatic N) is 3. The number of sulfonamides is 1. The van der Waals surface area contributed by atoms with E-state index in [1.54, 1.807) is 6.07 Å². The Hall–Kier alpha value is -1.35. The normalized spacial score (nSPS) is 22.6. The van der Waals surface area contributed by atoms with E-state index in [1.807, 2.05) is 11.9 Å². The summed E-state index contributed by atoms with van der Waals surface area (Å²) >= 11 is 6.09. The molecule has 3 rings (SSSR count). The Morgan fingerprint density at radius 1 is 1.19 bits per heavy atom. The third kappa shape index (κ3) is 4.39. The van der Waals surface area contributed by atoms with Gasteiger partial charge in [-0.2, -0.15) is 4.31 Å². The van der Waals surface area contributed by atoms with E-state index in [2.05, 4.69) is 4.90 Å². The molecule has 0 aromatic heterocycles. The van der Waals surface area contributed by atoms with Crippen LogP contribution >= 0.6 is 11.6 Å². The number of piperazine rings is 1. The topological polar surface area (TPSA) is 70.2 Å². The second-order valence-corrected chi connectivity index (χ2v) is 9.47. The van der Waals surface area contributed by atoms with Gasteiger partial charge in [0.2, 0.25) is 15.9 Å². The van der Waals surface area contributed by atoms with Gasteiger partial charge in [-0.3, -0.25) is 4.79 Å². The Labute approximate surface area is 165 Å².